The van der Waals surface area contributed by atoms with Gasteiger partial charge in [0.15, 0.2) is 5.78 Å². The van der Waals surface area contributed by atoms with Crippen LogP contribution in [0.3, 0.4) is 0 Å². The second-order valence-electron chi connectivity index (χ2n) is 3.54. The Labute approximate surface area is 111 Å². The van der Waals surface area contributed by atoms with Crippen molar-refractivity contribution in [2.24, 2.45) is 0 Å². The van der Waals surface area contributed by atoms with E-state index in [0.717, 1.165) is 5.56 Å². The van der Waals surface area contributed by atoms with E-state index in [9.17, 15) is 4.79 Å². The van der Waals surface area contributed by atoms with Crippen molar-refractivity contribution in [2.75, 3.05) is 0 Å². The molecule has 85 valence electrons. The van der Waals surface area contributed by atoms with Gasteiger partial charge in [0.25, 0.3) is 0 Å². The van der Waals surface area contributed by atoms with Gasteiger partial charge in [-0.1, -0.05) is 29.3 Å². The van der Waals surface area contributed by atoms with E-state index in [1.807, 2.05) is 12.8 Å². The Morgan fingerprint density at radius 2 is 1.82 bits per heavy atom. The summed E-state index contributed by atoms with van der Waals surface area (Å²) in [4.78, 5) is 11.7. The quantitative estimate of drug-likeness (QED) is 0.754. The molecular formula is C14H9Cl2O. The Kier molecular flexibility index (Phi) is 4.25. The smallest absolute Gasteiger partial charge is 0.163 e. The highest BCUT2D eigenvalue weighted by molar-refractivity contribution is 6.35. The fourth-order valence-electron chi connectivity index (χ4n) is 1.44. The average Bonchev–Trinajstić information content (AvgIpc) is 2.81. The molecule has 0 aliphatic heterocycles. The molecule has 0 unspecified atom stereocenters. The lowest BCUT2D eigenvalue weighted by Gasteiger charge is -2.02. The minimum Gasteiger partial charge on any atom is -0.294 e. The van der Waals surface area contributed by atoms with Crippen LogP contribution in [0.5, 0.6) is 0 Å². The van der Waals surface area contributed by atoms with Crippen LogP contribution in [0.1, 0.15) is 5.56 Å². The third kappa shape index (κ3) is 3.34. The van der Waals surface area contributed by atoms with Crippen molar-refractivity contribution in [3.8, 4) is 0 Å². The lowest BCUT2D eigenvalue weighted by molar-refractivity contribution is -0.112. The molecule has 0 bridgehead atoms. The predicted molar refractivity (Wildman–Crippen MR) is 70.9 cm³/mol. The van der Waals surface area contributed by atoms with Gasteiger partial charge in [0.05, 0.1) is 5.92 Å². The zero-order valence-electron chi connectivity index (χ0n) is 8.86. The highest BCUT2D eigenvalue weighted by Gasteiger charge is 2.22. The number of carbonyl (C=O) groups is 1. The van der Waals surface area contributed by atoms with Crippen molar-refractivity contribution in [3.05, 3.63) is 71.5 Å². The second kappa shape index (κ2) is 5.70. The maximum Gasteiger partial charge on any atom is 0.163 e. The predicted octanol–water partition coefficient (Wildman–Crippen LogP) is 3.98. The minimum absolute atomic E-state index is 0.0407. The van der Waals surface area contributed by atoms with Gasteiger partial charge in [-0.05, 0) is 55.5 Å². The zero-order valence-corrected chi connectivity index (χ0v) is 10.4. The maximum absolute atomic E-state index is 11.7. The summed E-state index contributed by atoms with van der Waals surface area (Å²) in [6.45, 7) is 0. The molecule has 0 aromatic heterocycles. The van der Waals surface area contributed by atoms with Crippen molar-refractivity contribution < 1.29 is 4.79 Å². The molecule has 1 fully saturated rings. The van der Waals surface area contributed by atoms with E-state index in [-0.39, 0.29) is 5.78 Å². The Hall–Kier alpha value is -0.790. The largest absolute Gasteiger partial charge is 0.294 e. The molecule has 2 rings (SSSR count). The van der Waals surface area contributed by atoms with Crippen LogP contribution in [0.25, 0.3) is 6.08 Å². The van der Waals surface area contributed by atoms with Gasteiger partial charge in [-0.15, -0.1) is 0 Å². The first kappa shape index (κ1) is 12.7. The van der Waals surface area contributed by atoms with Crippen LogP contribution in [-0.2, 0) is 4.79 Å². The van der Waals surface area contributed by atoms with Crippen molar-refractivity contribution in [1.82, 2.24) is 0 Å². The van der Waals surface area contributed by atoms with Gasteiger partial charge in [-0.25, -0.2) is 0 Å². The molecule has 5 radical (unpaired) electrons. The lowest BCUT2D eigenvalue weighted by atomic mass is 10.0. The Balaban J connectivity index is 2.06. The Morgan fingerprint density at radius 1 is 1.12 bits per heavy atom. The molecule has 0 atom stereocenters. The van der Waals surface area contributed by atoms with Gasteiger partial charge >= 0.3 is 0 Å². The summed E-state index contributed by atoms with van der Waals surface area (Å²) in [6, 6.07) is 5.16. The van der Waals surface area contributed by atoms with Crippen molar-refractivity contribution >= 4 is 35.1 Å². The topological polar surface area (TPSA) is 17.1 Å². The van der Waals surface area contributed by atoms with E-state index >= 15 is 0 Å². The summed E-state index contributed by atoms with van der Waals surface area (Å²) in [6.07, 6.45) is 10.4. The fourth-order valence-corrected chi connectivity index (χ4v) is 1.91. The van der Waals surface area contributed by atoms with Gasteiger partial charge in [-0.3, -0.25) is 4.79 Å². The molecule has 0 N–H and O–H groups in total. The summed E-state index contributed by atoms with van der Waals surface area (Å²) >= 11 is 11.8. The van der Waals surface area contributed by atoms with Crippen LogP contribution in [0.2, 0.25) is 10.0 Å². The van der Waals surface area contributed by atoms with Crippen LogP contribution in [-0.4, -0.2) is 5.78 Å². The van der Waals surface area contributed by atoms with Crippen molar-refractivity contribution in [1.29, 1.82) is 0 Å². The van der Waals surface area contributed by atoms with Gasteiger partial charge in [-0.2, -0.15) is 0 Å². The molecule has 1 aromatic carbocycles. The standard InChI is InChI=1S/C14H9Cl2O/c15-12-7-5-10(13(16)9-12)6-8-14(17)11-3-1-2-4-11/h1-9H/b8-6+. The highest BCUT2D eigenvalue weighted by Crippen LogP contribution is 2.25. The van der Waals surface area contributed by atoms with E-state index in [1.54, 1.807) is 37.1 Å². The first-order chi connectivity index (χ1) is 8.16. The molecule has 0 spiro atoms. The average molecular weight is 264 g/mol. The SMILES string of the molecule is O=C(/C=C/c1ccc(Cl)cc1Cl)[C]1[CH][CH][CH][CH]1. The number of rotatable bonds is 3. The van der Waals surface area contributed by atoms with E-state index in [1.165, 1.54) is 6.08 Å². The Bertz CT molecular complexity index is 446. The molecule has 1 aliphatic rings. The first-order valence-corrected chi connectivity index (χ1v) is 5.81. The number of hydrogen-bond donors (Lipinski definition) is 0. The third-order valence-electron chi connectivity index (χ3n) is 2.32. The number of benzene rings is 1. The third-order valence-corrected chi connectivity index (χ3v) is 2.89. The lowest BCUT2D eigenvalue weighted by Crippen LogP contribution is -2.05. The summed E-state index contributed by atoms with van der Waals surface area (Å²) < 4.78 is 0. The number of hydrogen-bond acceptors (Lipinski definition) is 1. The molecule has 0 saturated heterocycles. The molecule has 1 aliphatic carbocycles. The maximum atomic E-state index is 11.7. The molecule has 0 heterocycles. The van der Waals surface area contributed by atoms with E-state index in [2.05, 4.69) is 0 Å². The van der Waals surface area contributed by atoms with Crippen LogP contribution < -0.4 is 0 Å². The number of ketones is 1. The summed E-state index contributed by atoms with van der Waals surface area (Å²) in [7, 11) is 0. The van der Waals surface area contributed by atoms with Crippen molar-refractivity contribution in [2.45, 2.75) is 0 Å². The van der Waals surface area contributed by atoms with Gasteiger partial charge in [0, 0.05) is 10.0 Å². The molecule has 17 heavy (non-hydrogen) atoms. The highest BCUT2D eigenvalue weighted by atomic mass is 35.5. The molecule has 1 aromatic rings. The van der Waals surface area contributed by atoms with E-state index in [0.29, 0.717) is 16.0 Å². The number of halogens is 2. The molecule has 0 amide bonds. The van der Waals surface area contributed by atoms with Crippen molar-refractivity contribution in [3.63, 3.8) is 0 Å². The fraction of sp³-hybridized carbons (Fsp3) is 0. The summed E-state index contributed by atoms with van der Waals surface area (Å²) in [5.41, 5.74) is 0.774. The number of allylic oxidation sites excluding steroid dienone is 1. The number of carbonyl (C=O) groups excluding carboxylic acids is 1. The molecule has 3 heteroatoms. The van der Waals surface area contributed by atoms with Gasteiger partial charge in [0.2, 0.25) is 0 Å². The first-order valence-electron chi connectivity index (χ1n) is 5.06. The zero-order chi connectivity index (χ0) is 12.3. The van der Waals surface area contributed by atoms with Crippen LogP contribution >= 0.6 is 23.2 Å². The van der Waals surface area contributed by atoms with Gasteiger partial charge < -0.3 is 0 Å². The van der Waals surface area contributed by atoms with Crippen LogP contribution in [0.15, 0.2) is 24.3 Å². The van der Waals surface area contributed by atoms with E-state index in [4.69, 9.17) is 23.2 Å². The molecule has 1 saturated carbocycles. The monoisotopic (exact) mass is 263 g/mol. The summed E-state index contributed by atoms with van der Waals surface area (Å²) in [5, 5.41) is 1.11. The van der Waals surface area contributed by atoms with Crippen LogP contribution in [0, 0.1) is 31.6 Å². The van der Waals surface area contributed by atoms with E-state index < -0.39 is 0 Å². The minimum atomic E-state index is -0.0407. The summed E-state index contributed by atoms with van der Waals surface area (Å²) in [5.74, 6) is 0.632. The van der Waals surface area contributed by atoms with Gasteiger partial charge in [0.1, 0.15) is 0 Å². The molecule has 1 nitrogen and oxygen atoms in total. The Morgan fingerprint density at radius 3 is 2.47 bits per heavy atom. The van der Waals surface area contributed by atoms with Crippen LogP contribution in [0.4, 0.5) is 0 Å². The normalized spacial score (nSPS) is 16.8. The second-order valence-corrected chi connectivity index (χ2v) is 4.38. The molecular weight excluding hydrogens is 255 g/mol.